The van der Waals surface area contributed by atoms with Crippen LogP contribution >= 0.6 is 0 Å². The molecule has 1 heterocycles. The van der Waals surface area contributed by atoms with E-state index in [-0.39, 0.29) is 11.8 Å². The molecule has 0 aromatic rings. The molecule has 0 amide bonds. The van der Waals surface area contributed by atoms with Gasteiger partial charge in [0.25, 0.3) is 0 Å². The molecule has 0 aromatic carbocycles. The van der Waals surface area contributed by atoms with Gasteiger partial charge in [0.2, 0.25) is 0 Å². The van der Waals surface area contributed by atoms with Crippen LogP contribution in [0.2, 0.25) is 0 Å². The second kappa shape index (κ2) is 5.82. The Hall–Kier alpha value is -0.130. The molecule has 90 valence electrons. The first-order valence-corrected chi connectivity index (χ1v) is 7.35. The fraction of sp³-hybridized carbons (Fsp3) is 1.00. The molecule has 0 saturated carbocycles. The zero-order valence-corrected chi connectivity index (χ0v) is 10.3. The van der Waals surface area contributed by atoms with E-state index < -0.39 is 9.84 Å². The van der Waals surface area contributed by atoms with Gasteiger partial charge in [0.15, 0.2) is 9.84 Å². The maximum absolute atomic E-state index is 11.3. The molecule has 1 fully saturated rings. The van der Waals surface area contributed by atoms with Crippen LogP contribution < -0.4 is 5.32 Å². The van der Waals surface area contributed by atoms with Gasteiger partial charge in [-0.05, 0) is 12.8 Å². The molecule has 0 bridgehead atoms. The second-order valence-corrected chi connectivity index (χ2v) is 6.44. The molecular weight excluding hydrogens is 214 g/mol. The van der Waals surface area contributed by atoms with Crippen LogP contribution in [0.1, 0.15) is 26.2 Å². The SMILES string of the molecule is CCCC(COC)NC1CCS(=O)(=O)C1. The number of hydrogen-bond donors (Lipinski definition) is 1. The fourth-order valence-corrected chi connectivity index (χ4v) is 3.71. The maximum atomic E-state index is 11.3. The van der Waals surface area contributed by atoms with Gasteiger partial charge in [0.1, 0.15) is 0 Å². The molecule has 1 aliphatic rings. The third kappa shape index (κ3) is 4.49. The highest BCUT2D eigenvalue weighted by Gasteiger charge is 2.28. The predicted octanol–water partition coefficient (Wildman–Crippen LogP) is 0.578. The van der Waals surface area contributed by atoms with E-state index in [0.29, 0.717) is 18.4 Å². The van der Waals surface area contributed by atoms with Gasteiger partial charge < -0.3 is 10.1 Å². The summed E-state index contributed by atoms with van der Waals surface area (Å²) in [4.78, 5) is 0. The zero-order valence-electron chi connectivity index (χ0n) is 9.53. The standard InChI is InChI=1S/C10H21NO3S/c1-3-4-9(7-14-2)11-10-5-6-15(12,13)8-10/h9-11H,3-8H2,1-2H3. The minimum absolute atomic E-state index is 0.127. The normalized spacial score (nSPS) is 26.7. The second-order valence-electron chi connectivity index (χ2n) is 4.21. The Bertz CT molecular complexity index is 270. The molecule has 0 aliphatic carbocycles. The van der Waals surface area contributed by atoms with Crippen molar-refractivity contribution in [2.75, 3.05) is 25.2 Å². The molecule has 1 rings (SSSR count). The Labute approximate surface area is 92.3 Å². The average molecular weight is 235 g/mol. The van der Waals surface area contributed by atoms with Gasteiger partial charge in [0.05, 0.1) is 18.1 Å². The lowest BCUT2D eigenvalue weighted by Crippen LogP contribution is -2.41. The van der Waals surface area contributed by atoms with Gasteiger partial charge in [0, 0.05) is 19.2 Å². The first kappa shape index (κ1) is 12.9. The Balaban J connectivity index is 2.38. The van der Waals surface area contributed by atoms with Crippen LogP contribution in [-0.2, 0) is 14.6 Å². The quantitative estimate of drug-likeness (QED) is 0.731. The molecule has 15 heavy (non-hydrogen) atoms. The van der Waals surface area contributed by atoms with Gasteiger partial charge in [-0.25, -0.2) is 8.42 Å². The highest BCUT2D eigenvalue weighted by Crippen LogP contribution is 2.13. The molecule has 4 nitrogen and oxygen atoms in total. The van der Waals surface area contributed by atoms with Crippen molar-refractivity contribution in [1.82, 2.24) is 5.32 Å². The van der Waals surface area contributed by atoms with E-state index in [1.807, 2.05) is 0 Å². The van der Waals surface area contributed by atoms with Crippen LogP contribution in [0.5, 0.6) is 0 Å². The summed E-state index contributed by atoms with van der Waals surface area (Å²) in [5.74, 6) is 0.618. The number of rotatable bonds is 6. The Morgan fingerprint density at radius 1 is 1.53 bits per heavy atom. The van der Waals surface area contributed by atoms with Crippen LogP contribution in [0, 0.1) is 0 Å². The minimum Gasteiger partial charge on any atom is -0.383 e. The molecule has 2 unspecified atom stereocenters. The number of sulfone groups is 1. The van der Waals surface area contributed by atoms with Crippen LogP contribution in [0.25, 0.3) is 0 Å². The van der Waals surface area contributed by atoms with E-state index in [1.54, 1.807) is 7.11 Å². The number of ether oxygens (including phenoxy) is 1. The molecule has 0 radical (unpaired) electrons. The molecule has 1 aliphatic heterocycles. The van der Waals surface area contributed by atoms with E-state index in [1.165, 1.54) is 0 Å². The first-order valence-electron chi connectivity index (χ1n) is 5.53. The summed E-state index contributed by atoms with van der Waals surface area (Å²) < 4.78 is 27.6. The summed E-state index contributed by atoms with van der Waals surface area (Å²) in [6, 6.07) is 0.417. The highest BCUT2D eigenvalue weighted by atomic mass is 32.2. The maximum Gasteiger partial charge on any atom is 0.151 e. The monoisotopic (exact) mass is 235 g/mol. The lowest BCUT2D eigenvalue weighted by atomic mass is 10.1. The fourth-order valence-electron chi connectivity index (χ4n) is 2.02. The summed E-state index contributed by atoms with van der Waals surface area (Å²) in [5, 5.41) is 3.37. The van der Waals surface area contributed by atoms with Crippen molar-refractivity contribution >= 4 is 9.84 Å². The Morgan fingerprint density at radius 2 is 2.27 bits per heavy atom. The lowest BCUT2D eigenvalue weighted by Gasteiger charge is -2.21. The molecule has 0 spiro atoms. The average Bonchev–Trinajstić information content (AvgIpc) is 2.46. The molecule has 2 atom stereocenters. The van der Waals surface area contributed by atoms with Gasteiger partial charge in [-0.1, -0.05) is 13.3 Å². The molecular formula is C10H21NO3S. The first-order chi connectivity index (χ1) is 7.07. The van der Waals surface area contributed by atoms with Crippen molar-refractivity contribution in [3.05, 3.63) is 0 Å². The summed E-state index contributed by atoms with van der Waals surface area (Å²) in [7, 11) is -1.10. The van der Waals surface area contributed by atoms with Crippen LogP contribution in [0.3, 0.4) is 0 Å². The third-order valence-electron chi connectivity index (χ3n) is 2.71. The summed E-state index contributed by atoms with van der Waals surface area (Å²) in [6.45, 7) is 2.78. The minimum atomic E-state index is -2.77. The molecule has 1 saturated heterocycles. The van der Waals surface area contributed by atoms with Crippen molar-refractivity contribution in [3.63, 3.8) is 0 Å². The van der Waals surface area contributed by atoms with Gasteiger partial charge in [-0.2, -0.15) is 0 Å². The van der Waals surface area contributed by atoms with Crippen molar-refractivity contribution in [1.29, 1.82) is 0 Å². The number of nitrogens with one attached hydrogen (secondary N) is 1. The molecule has 5 heteroatoms. The van der Waals surface area contributed by atoms with E-state index in [9.17, 15) is 8.42 Å². The highest BCUT2D eigenvalue weighted by molar-refractivity contribution is 7.91. The van der Waals surface area contributed by atoms with Crippen molar-refractivity contribution in [2.45, 2.75) is 38.3 Å². The van der Waals surface area contributed by atoms with Crippen molar-refractivity contribution < 1.29 is 13.2 Å². The van der Waals surface area contributed by atoms with Gasteiger partial charge in [-0.15, -0.1) is 0 Å². The Morgan fingerprint density at radius 3 is 2.73 bits per heavy atom. The summed E-state index contributed by atoms with van der Waals surface area (Å²) >= 11 is 0. The van der Waals surface area contributed by atoms with E-state index in [2.05, 4.69) is 12.2 Å². The zero-order chi connectivity index (χ0) is 11.3. The predicted molar refractivity (Wildman–Crippen MR) is 60.8 cm³/mol. The van der Waals surface area contributed by atoms with Gasteiger partial charge >= 0.3 is 0 Å². The van der Waals surface area contributed by atoms with Crippen LogP contribution in [0.4, 0.5) is 0 Å². The number of methoxy groups -OCH3 is 1. The lowest BCUT2D eigenvalue weighted by molar-refractivity contribution is 0.157. The molecule has 0 aromatic heterocycles. The van der Waals surface area contributed by atoms with Gasteiger partial charge in [-0.3, -0.25) is 0 Å². The Kier molecular flexibility index (Phi) is 5.02. The van der Waals surface area contributed by atoms with E-state index in [4.69, 9.17) is 4.74 Å². The largest absolute Gasteiger partial charge is 0.383 e. The summed E-state index contributed by atoms with van der Waals surface area (Å²) in [5.41, 5.74) is 0. The summed E-state index contributed by atoms with van der Waals surface area (Å²) in [6.07, 6.45) is 2.86. The smallest absolute Gasteiger partial charge is 0.151 e. The van der Waals surface area contributed by atoms with Crippen molar-refractivity contribution in [2.24, 2.45) is 0 Å². The van der Waals surface area contributed by atoms with E-state index in [0.717, 1.165) is 19.3 Å². The molecule has 1 N–H and O–H groups in total. The van der Waals surface area contributed by atoms with Crippen LogP contribution in [-0.4, -0.2) is 45.7 Å². The van der Waals surface area contributed by atoms with Crippen molar-refractivity contribution in [3.8, 4) is 0 Å². The van der Waals surface area contributed by atoms with E-state index >= 15 is 0 Å². The third-order valence-corrected chi connectivity index (χ3v) is 4.48. The number of hydrogen-bond acceptors (Lipinski definition) is 4. The van der Waals surface area contributed by atoms with Crippen LogP contribution in [0.15, 0.2) is 0 Å². The topological polar surface area (TPSA) is 55.4 Å².